The zero-order chi connectivity index (χ0) is 16.0. The Morgan fingerprint density at radius 3 is 2.43 bits per heavy atom. The predicted molar refractivity (Wildman–Crippen MR) is 79.9 cm³/mol. The van der Waals surface area contributed by atoms with Gasteiger partial charge in [-0.05, 0) is 31.0 Å². The molecule has 1 fully saturated rings. The highest BCUT2D eigenvalue weighted by Crippen LogP contribution is 2.50. The number of benzene rings is 1. The van der Waals surface area contributed by atoms with Crippen molar-refractivity contribution in [3.05, 3.63) is 28.3 Å². The highest BCUT2D eigenvalue weighted by atomic mass is 32.2. The van der Waals surface area contributed by atoms with Crippen molar-refractivity contribution in [3.63, 3.8) is 0 Å². The van der Waals surface area contributed by atoms with Crippen LogP contribution < -0.4 is 9.62 Å². The van der Waals surface area contributed by atoms with Crippen molar-refractivity contribution in [2.45, 2.75) is 31.2 Å². The number of nitrogens with one attached hydrogen (secondary N) is 1. The van der Waals surface area contributed by atoms with Crippen molar-refractivity contribution in [2.24, 2.45) is 5.41 Å². The lowest BCUT2D eigenvalue weighted by atomic mass is 10.1. The van der Waals surface area contributed by atoms with Crippen LogP contribution in [0.1, 0.15) is 20.3 Å². The standard InChI is InChI=1S/C13H19N3O4S/c1-13(2)8-12(13)15(4)10-6-5-9(21(19,20)14-3)7-11(10)16(17)18/h5-7,12,14H,8H2,1-4H3. The van der Waals surface area contributed by atoms with E-state index in [-0.39, 0.29) is 22.0 Å². The molecular weight excluding hydrogens is 294 g/mol. The quantitative estimate of drug-likeness (QED) is 0.660. The van der Waals surface area contributed by atoms with Crippen molar-refractivity contribution >= 4 is 21.4 Å². The fourth-order valence-corrected chi connectivity index (χ4v) is 3.25. The molecule has 0 radical (unpaired) electrons. The van der Waals surface area contributed by atoms with Gasteiger partial charge in [-0.1, -0.05) is 13.8 Å². The third-order valence-corrected chi connectivity index (χ3v) is 5.44. The Morgan fingerprint density at radius 2 is 2.00 bits per heavy atom. The first-order valence-corrected chi connectivity index (χ1v) is 8.03. The van der Waals surface area contributed by atoms with Gasteiger partial charge in [0, 0.05) is 19.2 Å². The first kappa shape index (κ1) is 15.7. The second-order valence-corrected chi connectivity index (χ2v) is 7.82. The van der Waals surface area contributed by atoms with Gasteiger partial charge < -0.3 is 4.90 Å². The summed E-state index contributed by atoms with van der Waals surface area (Å²) in [7, 11) is -0.626. The number of rotatable bonds is 5. The number of hydrogen-bond acceptors (Lipinski definition) is 5. The lowest BCUT2D eigenvalue weighted by molar-refractivity contribution is -0.384. The largest absolute Gasteiger partial charge is 0.366 e. The molecule has 1 saturated carbocycles. The Hall–Kier alpha value is -1.67. The van der Waals surface area contributed by atoms with Crippen molar-refractivity contribution in [3.8, 4) is 0 Å². The molecular formula is C13H19N3O4S. The monoisotopic (exact) mass is 313 g/mol. The molecule has 1 atom stereocenters. The van der Waals surface area contributed by atoms with E-state index in [0.29, 0.717) is 5.69 Å². The summed E-state index contributed by atoms with van der Waals surface area (Å²) in [4.78, 5) is 12.5. The zero-order valence-corrected chi connectivity index (χ0v) is 13.3. The first-order chi connectivity index (χ1) is 9.60. The lowest BCUT2D eigenvalue weighted by Crippen LogP contribution is -2.25. The molecule has 7 nitrogen and oxygen atoms in total. The minimum Gasteiger partial charge on any atom is -0.366 e. The molecule has 1 aliphatic carbocycles. The maximum absolute atomic E-state index is 11.8. The van der Waals surface area contributed by atoms with E-state index in [1.807, 2.05) is 4.90 Å². The number of anilines is 1. The Kier molecular flexibility index (Phi) is 3.71. The Bertz CT molecular complexity index is 685. The van der Waals surface area contributed by atoms with E-state index < -0.39 is 14.9 Å². The van der Waals surface area contributed by atoms with Crippen molar-refractivity contribution < 1.29 is 13.3 Å². The lowest BCUT2D eigenvalue weighted by Gasteiger charge is -2.21. The molecule has 116 valence electrons. The van der Waals surface area contributed by atoms with Crippen LogP contribution in [0.25, 0.3) is 0 Å². The van der Waals surface area contributed by atoms with Crippen LogP contribution in [0.2, 0.25) is 0 Å². The van der Waals surface area contributed by atoms with Gasteiger partial charge in [-0.15, -0.1) is 0 Å². The van der Waals surface area contributed by atoms with E-state index in [1.54, 1.807) is 7.05 Å². The summed E-state index contributed by atoms with van der Waals surface area (Å²) in [6.45, 7) is 4.19. The number of nitro benzene ring substituents is 1. The Labute approximate surface area is 124 Å². The summed E-state index contributed by atoms with van der Waals surface area (Å²) >= 11 is 0. The van der Waals surface area contributed by atoms with Crippen molar-refractivity contribution in [1.29, 1.82) is 0 Å². The first-order valence-electron chi connectivity index (χ1n) is 6.55. The van der Waals surface area contributed by atoms with Crippen LogP contribution in [0.15, 0.2) is 23.1 Å². The number of sulfonamides is 1. The van der Waals surface area contributed by atoms with Crippen LogP contribution in [0.4, 0.5) is 11.4 Å². The molecule has 1 unspecified atom stereocenters. The number of hydrogen-bond donors (Lipinski definition) is 1. The summed E-state index contributed by atoms with van der Waals surface area (Å²) in [5, 5.41) is 11.3. The van der Waals surface area contributed by atoms with Crippen LogP contribution in [0.3, 0.4) is 0 Å². The Morgan fingerprint density at radius 1 is 1.43 bits per heavy atom. The topological polar surface area (TPSA) is 92.6 Å². The number of nitrogens with zero attached hydrogens (tertiary/aromatic N) is 2. The van der Waals surface area contributed by atoms with E-state index in [0.717, 1.165) is 12.5 Å². The van der Waals surface area contributed by atoms with Crippen LogP contribution in [-0.2, 0) is 10.0 Å². The molecule has 0 bridgehead atoms. The van der Waals surface area contributed by atoms with Gasteiger partial charge in [0.2, 0.25) is 10.0 Å². The molecule has 0 aromatic heterocycles. The van der Waals surface area contributed by atoms with E-state index in [9.17, 15) is 18.5 Å². The second-order valence-electron chi connectivity index (χ2n) is 5.93. The van der Waals surface area contributed by atoms with E-state index in [1.165, 1.54) is 19.2 Å². The van der Waals surface area contributed by atoms with Crippen LogP contribution in [-0.4, -0.2) is 33.5 Å². The molecule has 0 saturated heterocycles. The average molecular weight is 313 g/mol. The smallest absolute Gasteiger partial charge is 0.293 e. The molecule has 1 N–H and O–H groups in total. The fraction of sp³-hybridized carbons (Fsp3) is 0.538. The van der Waals surface area contributed by atoms with Gasteiger partial charge >= 0.3 is 0 Å². The molecule has 21 heavy (non-hydrogen) atoms. The van der Waals surface area contributed by atoms with Crippen molar-refractivity contribution in [2.75, 3.05) is 19.0 Å². The van der Waals surface area contributed by atoms with Gasteiger partial charge in [0.05, 0.1) is 9.82 Å². The molecule has 1 aliphatic rings. The van der Waals surface area contributed by atoms with Crippen molar-refractivity contribution in [1.82, 2.24) is 4.72 Å². The predicted octanol–water partition coefficient (Wildman–Crippen LogP) is 1.74. The molecule has 0 spiro atoms. The van der Waals surface area contributed by atoms with E-state index in [2.05, 4.69) is 18.6 Å². The summed E-state index contributed by atoms with van der Waals surface area (Å²) < 4.78 is 25.7. The minimum atomic E-state index is -3.70. The molecule has 1 aromatic rings. The Balaban J connectivity index is 2.46. The van der Waals surface area contributed by atoms with Crippen LogP contribution in [0, 0.1) is 15.5 Å². The van der Waals surface area contributed by atoms with Gasteiger partial charge in [0.15, 0.2) is 0 Å². The average Bonchev–Trinajstić information content (AvgIpc) is 3.06. The normalized spacial score (nSPS) is 20.1. The van der Waals surface area contributed by atoms with Gasteiger partial charge in [0.1, 0.15) is 5.69 Å². The molecule has 0 amide bonds. The van der Waals surface area contributed by atoms with Gasteiger partial charge in [0.25, 0.3) is 5.69 Å². The third-order valence-electron chi connectivity index (χ3n) is 4.03. The minimum absolute atomic E-state index is 0.107. The fourth-order valence-electron chi connectivity index (χ4n) is 2.50. The van der Waals surface area contributed by atoms with Crippen LogP contribution in [0.5, 0.6) is 0 Å². The summed E-state index contributed by atoms with van der Waals surface area (Å²) in [6, 6.07) is 4.21. The second kappa shape index (κ2) is 4.96. The summed E-state index contributed by atoms with van der Waals surface area (Å²) in [5.41, 5.74) is 0.361. The van der Waals surface area contributed by atoms with Crippen LogP contribution >= 0.6 is 0 Å². The van der Waals surface area contributed by atoms with Gasteiger partial charge in [-0.25, -0.2) is 13.1 Å². The maximum atomic E-state index is 11.8. The summed E-state index contributed by atoms with van der Waals surface area (Å²) in [6.07, 6.45) is 0.956. The molecule has 0 aliphatic heterocycles. The molecule has 2 rings (SSSR count). The van der Waals surface area contributed by atoms with Gasteiger partial charge in [-0.3, -0.25) is 10.1 Å². The highest BCUT2D eigenvalue weighted by molar-refractivity contribution is 7.89. The SMILES string of the molecule is CNS(=O)(=O)c1ccc(N(C)C2CC2(C)C)c([N+](=O)[O-])c1. The third kappa shape index (κ3) is 2.86. The molecule has 8 heteroatoms. The molecule has 1 aromatic carbocycles. The van der Waals surface area contributed by atoms with E-state index in [4.69, 9.17) is 0 Å². The zero-order valence-electron chi connectivity index (χ0n) is 12.5. The summed E-state index contributed by atoms with van der Waals surface area (Å²) in [5.74, 6) is 0. The van der Waals surface area contributed by atoms with Gasteiger partial charge in [-0.2, -0.15) is 0 Å². The number of nitro groups is 1. The molecule has 0 heterocycles. The van der Waals surface area contributed by atoms with E-state index >= 15 is 0 Å². The highest BCUT2D eigenvalue weighted by Gasteiger charge is 2.49. The maximum Gasteiger partial charge on any atom is 0.293 e.